The molecule has 0 aliphatic carbocycles. The van der Waals surface area contributed by atoms with Crippen LogP contribution in [0.4, 0.5) is 0 Å². The Morgan fingerprint density at radius 2 is 1.71 bits per heavy atom. The second kappa shape index (κ2) is 7.56. The smallest absolute Gasteiger partial charge is 0.303 e. The first kappa shape index (κ1) is 18.8. The van der Waals surface area contributed by atoms with E-state index in [9.17, 15) is 4.79 Å². The number of nitrogens with zero attached hydrogens (tertiary/aromatic N) is 1. The highest BCUT2D eigenvalue weighted by molar-refractivity contribution is 5.66. The maximum absolute atomic E-state index is 11.5. The van der Waals surface area contributed by atoms with Crippen LogP contribution in [-0.2, 0) is 9.53 Å². The van der Waals surface area contributed by atoms with E-state index >= 15 is 0 Å². The molecule has 1 atom stereocenters. The average molecular weight is 333 g/mol. The highest BCUT2D eigenvalue weighted by Crippen LogP contribution is 2.38. The van der Waals surface area contributed by atoms with Gasteiger partial charge in [0.05, 0.1) is 0 Å². The molecule has 1 saturated heterocycles. The molecule has 24 heavy (non-hydrogen) atoms. The third-order valence-corrected chi connectivity index (χ3v) is 4.94. The van der Waals surface area contributed by atoms with E-state index < -0.39 is 0 Å². The molecule has 1 aliphatic heterocycles. The van der Waals surface area contributed by atoms with Gasteiger partial charge in [-0.3, -0.25) is 9.69 Å². The SMILES string of the molecule is CC(=O)OC(COc1ccccc1)CN1C(C)(C)CCCC1(C)C. The van der Waals surface area contributed by atoms with Crippen LogP contribution in [0.15, 0.2) is 30.3 Å². The molecule has 0 aromatic heterocycles. The van der Waals surface area contributed by atoms with Crippen molar-refractivity contribution in [3.63, 3.8) is 0 Å². The zero-order chi connectivity index (χ0) is 17.8. The fourth-order valence-electron chi connectivity index (χ4n) is 3.81. The number of carbonyl (C=O) groups is 1. The summed E-state index contributed by atoms with van der Waals surface area (Å²) in [6.07, 6.45) is 3.26. The second-order valence-electron chi connectivity index (χ2n) is 7.94. The van der Waals surface area contributed by atoms with Crippen molar-refractivity contribution in [2.75, 3.05) is 13.2 Å². The van der Waals surface area contributed by atoms with Gasteiger partial charge in [-0.25, -0.2) is 0 Å². The number of carbonyl (C=O) groups excluding carboxylic acids is 1. The molecule has 0 spiro atoms. The van der Waals surface area contributed by atoms with Crippen LogP contribution in [0.2, 0.25) is 0 Å². The summed E-state index contributed by atoms with van der Waals surface area (Å²) >= 11 is 0. The minimum atomic E-state index is -0.278. The molecular formula is C20H31NO3. The molecule has 1 aromatic carbocycles. The van der Waals surface area contributed by atoms with Crippen molar-refractivity contribution >= 4 is 5.97 Å². The zero-order valence-corrected chi connectivity index (χ0v) is 15.7. The molecule has 0 N–H and O–H groups in total. The molecule has 1 heterocycles. The Hall–Kier alpha value is -1.55. The van der Waals surface area contributed by atoms with Crippen LogP contribution in [-0.4, -0.2) is 41.2 Å². The lowest BCUT2D eigenvalue weighted by Gasteiger charge is -2.53. The van der Waals surface area contributed by atoms with Crippen molar-refractivity contribution in [3.8, 4) is 5.75 Å². The first-order chi connectivity index (χ1) is 11.2. The van der Waals surface area contributed by atoms with Crippen LogP contribution in [0.3, 0.4) is 0 Å². The fraction of sp³-hybridized carbons (Fsp3) is 0.650. The molecule has 2 rings (SSSR count). The number of esters is 1. The van der Waals surface area contributed by atoms with Crippen molar-refractivity contribution in [3.05, 3.63) is 30.3 Å². The van der Waals surface area contributed by atoms with Crippen molar-refractivity contribution < 1.29 is 14.3 Å². The van der Waals surface area contributed by atoms with Gasteiger partial charge in [0.25, 0.3) is 0 Å². The van der Waals surface area contributed by atoms with Gasteiger partial charge in [0.15, 0.2) is 0 Å². The predicted octanol–water partition coefficient (Wildman–Crippen LogP) is 4.04. The maximum atomic E-state index is 11.5. The Balaban J connectivity index is 2.07. The highest BCUT2D eigenvalue weighted by Gasteiger charge is 2.42. The molecule has 0 saturated carbocycles. The minimum Gasteiger partial charge on any atom is -0.490 e. The predicted molar refractivity (Wildman–Crippen MR) is 96.2 cm³/mol. The Kier molecular flexibility index (Phi) is 5.92. The monoisotopic (exact) mass is 333 g/mol. The molecule has 1 aliphatic rings. The Morgan fingerprint density at radius 1 is 1.12 bits per heavy atom. The third-order valence-electron chi connectivity index (χ3n) is 4.94. The molecular weight excluding hydrogens is 302 g/mol. The summed E-state index contributed by atoms with van der Waals surface area (Å²) in [6, 6.07) is 9.66. The summed E-state index contributed by atoms with van der Waals surface area (Å²) in [4.78, 5) is 14.0. The maximum Gasteiger partial charge on any atom is 0.303 e. The number of piperidine rings is 1. The second-order valence-corrected chi connectivity index (χ2v) is 7.94. The molecule has 0 bridgehead atoms. The number of rotatable bonds is 6. The van der Waals surface area contributed by atoms with Crippen molar-refractivity contribution in [2.24, 2.45) is 0 Å². The normalized spacial score (nSPS) is 21.0. The molecule has 0 amide bonds. The van der Waals surface area contributed by atoms with E-state index in [2.05, 4.69) is 32.6 Å². The van der Waals surface area contributed by atoms with E-state index in [-0.39, 0.29) is 23.2 Å². The van der Waals surface area contributed by atoms with Crippen LogP contribution in [0.25, 0.3) is 0 Å². The standard InChI is InChI=1S/C20H31NO3/c1-16(22)24-18(15-23-17-10-7-6-8-11-17)14-21-19(2,3)12-9-13-20(21,4)5/h6-8,10-11,18H,9,12-15H2,1-5H3. The van der Waals surface area contributed by atoms with Crippen molar-refractivity contribution in [1.82, 2.24) is 4.90 Å². The van der Waals surface area contributed by atoms with Gasteiger partial charge in [-0.05, 0) is 59.1 Å². The van der Waals surface area contributed by atoms with Gasteiger partial charge in [0.2, 0.25) is 0 Å². The zero-order valence-electron chi connectivity index (χ0n) is 15.7. The van der Waals surface area contributed by atoms with Gasteiger partial charge in [-0.2, -0.15) is 0 Å². The van der Waals surface area contributed by atoms with E-state index in [1.807, 2.05) is 30.3 Å². The van der Waals surface area contributed by atoms with E-state index in [1.54, 1.807) is 0 Å². The lowest BCUT2D eigenvalue weighted by atomic mass is 9.79. The quantitative estimate of drug-likeness (QED) is 0.737. The number of likely N-dealkylation sites (tertiary alicyclic amines) is 1. The first-order valence-corrected chi connectivity index (χ1v) is 8.83. The van der Waals surface area contributed by atoms with Crippen LogP contribution in [0, 0.1) is 0 Å². The summed E-state index contributed by atoms with van der Waals surface area (Å²) in [6.45, 7) is 11.6. The van der Waals surface area contributed by atoms with Crippen LogP contribution in [0.1, 0.15) is 53.9 Å². The number of hydrogen-bond donors (Lipinski definition) is 0. The van der Waals surface area contributed by atoms with Gasteiger partial charge in [-0.1, -0.05) is 18.2 Å². The molecule has 134 valence electrons. The summed E-state index contributed by atoms with van der Waals surface area (Å²) in [5.74, 6) is 0.538. The van der Waals surface area contributed by atoms with Gasteiger partial charge < -0.3 is 9.47 Å². The highest BCUT2D eigenvalue weighted by atomic mass is 16.6. The lowest BCUT2D eigenvalue weighted by Crippen LogP contribution is -2.61. The number of benzene rings is 1. The molecule has 1 fully saturated rings. The van der Waals surface area contributed by atoms with Gasteiger partial charge in [0, 0.05) is 24.5 Å². The van der Waals surface area contributed by atoms with Crippen molar-refractivity contribution in [1.29, 1.82) is 0 Å². The molecule has 4 nitrogen and oxygen atoms in total. The fourth-order valence-corrected chi connectivity index (χ4v) is 3.81. The largest absolute Gasteiger partial charge is 0.490 e. The molecule has 4 heteroatoms. The Bertz CT molecular complexity index is 523. The summed E-state index contributed by atoms with van der Waals surface area (Å²) in [5, 5.41) is 0. The van der Waals surface area contributed by atoms with E-state index in [0.29, 0.717) is 13.2 Å². The van der Waals surface area contributed by atoms with Crippen LogP contribution in [0.5, 0.6) is 5.75 Å². The van der Waals surface area contributed by atoms with E-state index in [1.165, 1.54) is 13.3 Å². The summed E-state index contributed by atoms with van der Waals surface area (Å²) in [5.41, 5.74) is 0.180. The summed E-state index contributed by atoms with van der Waals surface area (Å²) in [7, 11) is 0. The van der Waals surface area contributed by atoms with E-state index in [0.717, 1.165) is 18.6 Å². The van der Waals surface area contributed by atoms with Gasteiger partial charge in [-0.15, -0.1) is 0 Å². The Labute approximate surface area is 146 Å². The molecule has 1 aromatic rings. The van der Waals surface area contributed by atoms with Gasteiger partial charge >= 0.3 is 5.97 Å². The minimum absolute atomic E-state index is 0.0902. The Morgan fingerprint density at radius 3 is 2.25 bits per heavy atom. The topological polar surface area (TPSA) is 38.8 Å². The average Bonchev–Trinajstić information content (AvgIpc) is 2.48. The first-order valence-electron chi connectivity index (χ1n) is 8.83. The lowest BCUT2D eigenvalue weighted by molar-refractivity contribution is -0.152. The molecule has 0 radical (unpaired) electrons. The number of ether oxygens (including phenoxy) is 2. The summed E-state index contributed by atoms with van der Waals surface area (Å²) < 4.78 is 11.4. The van der Waals surface area contributed by atoms with Gasteiger partial charge in [0.1, 0.15) is 18.5 Å². The number of para-hydroxylation sites is 1. The number of hydrogen-bond acceptors (Lipinski definition) is 4. The van der Waals surface area contributed by atoms with Crippen LogP contribution < -0.4 is 4.74 Å². The van der Waals surface area contributed by atoms with E-state index in [4.69, 9.17) is 9.47 Å². The molecule has 1 unspecified atom stereocenters. The third kappa shape index (κ3) is 4.97. The van der Waals surface area contributed by atoms with Crippen molar-refractivity contribution in [2.45, 2.75) is 71.1 Å². The van der Waals surface area contributed by atoms with Crippen LogP contribution >= 0.6 is 0 Å².